The topological polar surface area (TPSA) is 21.7 Å². The molecular weight excluding hydrogens is 186 g/mol. The van der Waals surface area contributed by atoms with Crippen molar-refractivity contribution in [3.8, 4) is 0 Å². The van der Waals surface area contributed by atoms with Crippen LogP contribution >= 0.6 is 0 Å². The van der Waals surface area contributed by atoms with E-state index in [9.17, 15) is 0 Å². The van der Waals surface area contributed by atoms with Crippen LogP contribution in [-0.2, 0) is 19.5 Å². The van der Waals surface area contributed by atoms with Crippen LogP contribution in [0, 0.1) is 0 Å². The zero-order chi connectivity index (χ0) is 11.1. The molecular formula is C12H24N3+. The van der Waals surface area contributed by atoms with Crippen molar-refractivity contribution in [1.82, 2.24) is 9.90 Å². The number of aromatic nitrogens is 3. The van der Waals surface area contributed by atoms with Crippen LogP contribution in [0.5, 0.6) is 0 Å². The van der Waals surface area contributed by atoms with E-state index in [2.05, 4.69) is 41.5 Å². The molecule has 0 saturated carbocycles. The Hall–Kier alpha value is -0.860. The average Bonchev–Trinajstić information content (AvgIpc) is 2.66. The van der Waals surface area contributed by atoms with E-state index < -0.39 is 0 Å². The Morgan fingerprint density at radius 3 is 2.53 bits per heavy atom. The van der Waals surface area contributed by atoms with Crippen LogP contribution in [-0.4, -0.2) is 9.90 Å². The molecule has 86 valence electrons. The molecule has 1 aromatic rings. The lowest BCUT2D eigenvalue weighted by Crippen LogP contribution is -2.36. The lowest BCUT2D eigenvalue weighted by molar-refractivity contribution is -0.755. The fourth-order valence-corrected chi connectivity index (χ4v) is 1.71. The number of rotatable bonds is 7. The lowest BCUT2D eigenvalue weighted by Gasteiger charge is -1.93. The van der Waals surface area contributed by atoms with Gasteiger partial charge in [0.2, 0.25) is 0 Å². The fourth-order valence-electron chi connectivity index (χ4n) is 1.71. The smallest absolute Gasteiger partial charge is 0.137 e. The van der Waals surface area contributed by atoms with Gasteiger partial charge in [-0.3, -0.25) is 0 Å². The Balaban J connectivity index is 2.62. The summed E-state index contributed by atoms with van der Waals surface area (Å²) < 4.78 is 4.23. The van der Waals surface area contributed by atoms with Gasteiger partial charge in [0.25, 0.3) is 0 Å². The van der Waals surface area contributed by atoms with Gasteiger partial charge < -0.3 is 0 Å². The van der Waals surface area contributed by atoms with E-state index in [-0.39, 0.29) is 0 Å². The number of unbranched alkanes of at least 4 members (excludes halogenated alkanes) is 2. The SMILES string of the molecule is CCCCc1c[n+](CCCC)nn1CC. The standard InChI is InChI=1S/C12H24N3/c1-4-7-9-12-11-14(10-8-5-2)13-15(12)6-3/h11H,4-10H2,1-3H3/q+1. The minimum Gasteiger partial charge on any atom is -0.137 e. The van der Waals surface area contributed by atoms with Crippen LogP contribution in [0.25, 0.3) is 0 Å². The van der Waals surface area contributed by atoms with E-state index in [1.165, 1.54) is 31.4 Å². The summed E-state index contributed by atoms with van der Waals surface area (Å²) in [6.45, 7) is 8.65. The molecule has 0 aromatic carbocycles. The van der Waals surface area contributed by atoms with Crippen molar-refractivity contribution in [1.29, 1.82) is 0 Å². The second-order valence-corrected chi connectivity index (χ2v) is 4.05. The van der Waals surface area contributed by atoms with Gasteiger partial charge in [0, 0.05) is 6.42 Å². The number of aryl methyl sites for hydroxylation is 3. The van der Waals surface area contributed by atoms with Crippen LogP contribution in [0.2, 0.25) is 0 Å². The third-order valence-corrected chi connectivity index (χ3v) is 2.68. The quantitative estimate of drug-likeness (QED) is 0.633. The van der Waals surface area contributed by atoms with Gasteiger partial charge in [-0.15, -0.1) is 9.36 Å². The molecule has 0 unspecified atom stereocenters. The number of hydrogen-bond acceptors (Lipinski definition) is 1. The third kappa shape index (κ3) is 3.65. The van der Waals surface area contributed by atoms with Crippen molar-refractivity contribution < 1.29 is 4.68 Å². The average molecular weight is 210 g/mol. The zero-order valence-electron chi connectivity index (χ0n) is 10.4. The maximum absolute atomic E-state index is 4.55. The van der Waals surface area contributed by atoms with Crippen LogP contribution in [0.15, 0.2) is 6.20 Å². The molecule has 3 heteroatoms. The second kappa shape index (κ2) is 6.59. The highest BCUT2D eigenvalue weighted by molar-refractivity contribution is 4.90. The molecule has 0 bridgehead atoms. The Labute approximate surface area is 93.1 Å². The molecule has 15 heavy (non-hydrogen) atoms. The van der Waals surface area contributed by atoms with Crippen molar-refractivity contribution in [2.75, 3.05) is 0 Å². The van der Waals surface area contributed by atoms with Crippen molar-refractivity contribution in [3.63, 3.8) is 0 Å². The summed E-state index contributed by atoms with van der Waals surface area (Å²) in [6.07, 6.45) is 8.35. The third-order valence-electron chi connectivity index (χ3n) is 2.68. The predicted molar refractivity (Wildman–Crippen MR) is 61.6 cm³/mol. The molecule has 1 rings (SSSR count). The molecule has 0 amide bonds. The van der Waals surface area contributed by atoms with E-state index in [0.29, 0.717) is 0 Å². The molecule has 1 aromatic heterocycles. The Morgan fingerprint density at radius 2 is 1.93 bits per heavy atom. The molecule has 0 aliphatic heterocycles. The highest BCUT2D eigenvalue weighted by atomic mass is 15.5. The molecule has 0 aliphatic carbocycles. The molecule has 0 aliphatic rings. The highest BCUT2D eigenvalue weighted by Gasteiger charge is 2.12. The van der Waals surface area contributed by atoms with Crippen molar-refractivity contribution in [3.05, 3.63) is 11.9 Å². The summed E-state index contributed by atoms with van der Waals surface area (Å²) in [5, 5.41) is 4.55. The van der Waals surface area contributed by atoms with E-state index in [1.54, 1.807) is 0 Å². The van der Waals surface area contributed by atoms with E-state index in [4.69, 9.17) is 0 Å². The predicted octanol–water partition coefficient (Wildman–Crippen LogP) is 2.33. The summed E-state index contributed by atoms with van der Waals surface area (Å²) >= 11 is 0. The summed E-state index contributed by atoms with van der Waals surface area (Å²) in [4.78, 5) is 0. The second-order valence-electron chi connectivity index (χ2n) is 4.05. The van der Waals surface area contributed by atoms with Gasteiger partial charge in [0.15, 0.2) is 11.9 Å². The fraction of sp³-hybridized carbons (Fsp3) is 0.833. The van der Waals surface area contributed by atoms with Crippen LogP contribution in [0.4, 0.5) is 0 Å². The van der Waals surface area contributed by atoms with Crippen LogP contribution < -0.4 is 4.68 Å². The van der Waals surface area contributed by atoms with Crippen molar-refractivity contribution in [2.45, 2.75) is 66.0 Å². The van der Waals surface area contributed by atoms with Gasteiger partial charge in [-0.25, -0.2) is 0 Å². The normalized spacial score (nSPS) is 10.9. The largest absolute Gasteiger partial charge is 0.167 e. The first-order valence-corrected chi connectivity index (χ1v) is 6.28. The summed E-state index contributed by atoms with van der Waals surface area (Å²) in [5.41, 5.74) is 1.38. The lowest BCUT2D eigenvalue weighted by atomic mass is 10.2. The Bertz CT molecular complexity index is 278. The first kappa shape index (κ1) is 12.2. The molecule has 0 atom stereocenters. The molecule has 0 radical (unpaired) electrons. The van der Waals surface area contributed by atoms with Gasteiger partial charge in [-0.2, -0.15) is 0 Å². The zero-order valence-corrected chi connectivity index (χ0v) is 10.4. The van der Waals surface area contributed by atoms with Crippen molar-refractivity contribution in [2.24, 2.45) is 0 Å². The minimum atomic E-state index is 0.984. The summed E-state index contributed by atoms with van der Waals surface area (Å²) in [6, 6.07) is 0. The van der Waals surface area contributed by atoms with Crippen LogP contribution in [0.3, 0.4) is 0 Å². The maximum Gasteiger partial charge on any atom is 0.167 e. The highest BCUT2D eigenvalue weighted by Crippen LogP contribution is 2.02. The molecule has 0 fully saturated rings. The first-order valence-electron chi connectivity index (χ1n) is 6.28. The van der Waals surface area contributed by atoms with Gasteiger partial charge in [0.1, 0.15) is 13.1 Å². The summed E-state index contributed by atoms with van der Waals surface area (Å²) in [7, 11) is 0. The summed E-state index contributed by atoms with van der Waals surface area (Å²) in [5.74, 6) is 0. The first-order chi connectivity index (χ1) is 7.31. The van der Waals surface area contributed by atoms with E-state index in [0.717, 1.165) is 19.5 Å². The number of nitrogens with zero attached hydrogens (tertiary/aromatic N) is 3. The Morgan fingerprint density at radius 1 is 1.20 bits per heavy atom. The van der Waals surface area contributed by atoms with E-state index >= 15 is 0 Å². The van der Waals surface area contributed by atoms with Gasteiger partial charge in [0.05, 0.1) is 5.21 Å². The van der Waals surface area contributed by atoms with Crippen molar-refractivity contribution >= 4 is 0 Å². The van der Waals surface area contributed by atoms with Gasteiger partial charge in [-0.1, -0.05) is 26.7 Å². The van der Waals surface area contributed by atoms with Gasteiger partial charge >= 0.3 is 0 Å². The molecule has 0 spiro atoms. The van der Waals surface area contributed by atoms with Crippen LogP contribution in [0.1, 0.15) is 52.1 Å². The Kier molecular flexibility index (Phi) is 5.37. The molecule has 0 saturated heterocycles. The molecule has 3 nitrogen and oxygen atoms in total. The maximum atomic E-state index is 4.55. The van der Waals surface area contributed by atoms with Gasteiger partial charge in [-0.05, 0) is 19.8 Å². The minimum absolute atomic E-state index is 0.984. The monoisotopic (exact) mass is 210 g/mol. The molecule has 0 N–H and O–H groups in total. The van der Waals surface area contributed by atoms with E-state index in [1.807, 2.05) is 0 Å². The molecule has 1 heterocycles. The number of hydrogen-bond donors (Lipinski definition) is 0.